The molecule has 3 atom stereocenters. The number of hydrogen-bond acceptors (Lipinski definition) is 7. The Morgan fingerprint density at radius 2 is 2.17 bits per heavy atom. The molecular weight excluding hydrogens is 354 g/mol. The molecule has 0 fully saturated rings. The van der Waals surface area contributed by atoms with Crippen molar-refractivity contribution in [2.75, 3.05) is 7.11 Å². The molecule has 2 N–H and O–H groups in total. The molecule has 7 nitrogen and oxygen atoms in total. The Balaban J connectivity index is 1.99. The van der Waals surface area contributed by atoms with E-state index >= 15 is 0 Å². The Hall–Kier alpha value is -2.26. The maximum atomic E-state index is 12.6. The first kappa shape index (κ1) is 15.3. The van der Waals surface area contributed by atoms with E-state index in [1.54, 1.807) is 18.2 Å². The zero-order valence-corrected chi connectivity index (χ0v) is 13.9. The Morgan fingerprint density at radius 1 is 1.38 bits per heavy atom. The number of H-pyrrole nitrogens is 1. The number of hydrogen-bond donors (Lipinski definition) is 2. The van der Waals surface area contributed by atoms with E-state index < -0.39 is 29.0 Å². The predicted octanol–water partition coefficient (Wildman–Crippen LogP) is 1.67. The van der Waals surface area contributed by atoms with Crippen LogP contribution in [0.5, 0.6) is 11.5 Å². The van der Waals surface area contributed by atoms with Gasteiger partial charge in [0.25, 0.3) is 0 Å². The lowest BCUT2D eigenvalue weighted by molar-refractivity contribution is -0.147. The summed E-state index contributed by atoms with van der Waals surface area (Å²) in [5.74, 6) is -2.49. The SMILES string of the molecule is COc1cccc2c1OC(=O)[C@H]1[C@H]2c2sc(=O)[nH]c2S[C@@H]1C(=O)O. The number of thioether (sulfide) groups is 1. The van der Waals surface area contributed by atoms with Gasteiger partial charge in [0.2, 0.25) is 0 Å². The van der Waals surface area contributed by atoms with Crippen molar-refractivity contribution in [3.63, 3.8) is 0 Å². The van der Waals surface area contributed by atoms with Gasteiger partial charge in [0, 0.05) is 16.4 Å². The molecule has 0 bridgehead atoms. The van der Waals surface area contributed by atoms with E-state index in [1.807, 2.05) is 0 Å². The molecular formula is C15H11NO6S2. The number of thiazole rings is 1. The molecule has 0 saturated heterocycles. The largest absolute Gasteiger partial charge is 0.493 e. The highest BCUT2D eigenvalue weighted by molar-refractivity contribution is 8.00. The fourth-order valence-electron chi connectivity index (χ4n) is 3.17. The zero-order chi connectivity index (χ0) is 17.0. The van der Waals surface area contributed by atoms with E-state index in [-0.39, 0.29) is 10.6 Å². The third kappa shape index (κ3) is 2.08. The highest BCUT2D eigenvalue weighted by Gasteiger charge is 2.52. The van der Waals surface area contributed by atoms with Crippen LogP contribution in [0, 0.1) is 5.92 Å². The van der Waals surface area contributed by atoms with Gasteiger partial charge in [0.15, 0.2) is 11.5 Å². The summed E-state index contributed by atoms with van der Waals surface area (Å²) in [4.78, 5) is 39.1. The minimum atomic E-state index is -1.11. The minimum absolute atomic E-state index is 0.277. The monoisotopic (exact) mass is 365 g/mol. The molecule has 3 heterocycles. The number of aromatic nitrogens is 1. The number of carbonyl (C=O) groups excluding carboxylic acids is 1. The van der Waals surface area contributed by atoms with Crippen LogP contribution in [0.25, 0.3) is 0 Å². The van der Waals surface area contributed by atoms with E-state index in [9.17, 15) is 19.5 Å². The maximum Gasteiger partial charge on any atom is 0.317 e. The first-order chi connectivity index (χ1) is 11.5. The number of nitrogens with one attached hydrogen (secondary N) is 1. The van der Waals surface area contributed by atoms with Crippen LogP contribution >= 0.6 is 23.1 Å². The molecule has 2 aromatic rings. The number of aliphatic carboxylic acids is 1. The Morgan fingerprint density at radius 3 is 2.88 bits per heavy atom. The molecule has 4 rings (SSSR count). The Bertz CT molecular complexity index is 917. The first-order valence-electron chi connectivity index (χ1n) is 7.02. The molecule has 0 radical (unpaired) electrons. The van der Waals surface area contributed by atoms with Gasteiger partial charge in [-0.3, -0.25) is 14.4 Å². The molecule has 1 aromatic carbocycles. The van der Waals surface area contributed by atoms with Crippen molar-refractivity contribution < 1.29 is 24.2 Å². The summed E-state index contributed by atoms with van der Waals surface area (Å²) in [6, 6.07) is 5.19. The number of benzene rings is 1. The normalized spacial score (nSPS) is 24.4. The number of rotatable bonds is 2. The van der Waals surface area contributed by atoms with Crippen LogP contribution in [-0.2, 0) is 9.59 Å². The number of fused-ring (bicyclic) bond motifs is 5. The fraction of sp³-hybridized carbons (Fsp3) is 0.267. The van der Waals surface area contributed by atoms with Gasteiger partial charge >= 0.3 is 16.8 Å². The van der Waals surface area contributed by atoms with Crippen molar-refractivity contribution in [1.82, 2.24) is 4.98 Å². The standard InChI is InChI=1S/C15H11NO6S2/c1-21-6-4-2-3-5-7-8(14(19)22-9(5)6)11(13(17)18)23-12-10(7)24-15(20)16-12/h2-4,7-8,11H,1H3,(H,16,20)(H,17,18)/t7-,8-,11-/m0/s1. The fourth-order valence-corrected chi connectivity index (χ4v) is 5.57. The van der Waals surface area contributed by atoms with E-state index in [4.69, 9.17) is 9.47 Å². The van der Waals surface area contributed by atoms with E-state index in [0.717, 1.165) is 23.1 Å². The molecule has 24 heavy (non-hydrogen) atoms. The van der Waals surface area contributed by atoms with Gasteiger partial charge in [-0.1, -0.05) is 35.2 Å². The summed E-state index contributed by atoms with van der Waals surface area (Å²) in [6.45, 7) is 0. The van der Waals surface area contributed by atoms with Crippen LogP contribution in [-0.4, -0.2) is 34.4 Å². The maximum absolute atomic E-state index is 12.6. The molecule has 124 valence electrons. The summed E-state index contributed by atoms with van der Waals surface area (Å²) < 4.78 is 10.6. The smallest absolute Gasteiger partial charge is 0.317 e. The summed E-state index contributed by atoms with van der Waals surface area (Å²) in [5, 5.41) is 9.01. The van der Waals surface area contributed by atoms with Crippen molar-refractivity contribution in [1.29, 1.82) is 0 Å². The first-order valence-corrected chi connectivity index (χ1v) is 8.72. The van der Waals surface area contributed by atoms with Crippen molar-refractivity contribution >= 4 is 35.0 Å². The minimum Gasteiger partial charge on any atom is -0.493 e. The van der Waals surface area contributed by atoms with Crippen LogP contribution in [0.3, 0.4) is 0 Å². The van der Waals surface area contributed by atoms with Gasteiger partial charge in [-0.2, -0.15) is 0 Å². The van der Waals surface area contributed by atoms with Crippen molar-refractivity contribution in [3.8, 4) is 11.5 Å². The van der Waals surface area contributed by atoms with E-state index in [2.05, 4.69) is 4.98 Å². The molecule has 0 unspecified atom stereocenters. The second kappa shape index (κ2) is 5.38. The molecule has 2 aliphatic heterocycles. The van der Waals surface area contributed by atoms with Crippen LogP contribution in [0.4, 0.5) is 0 Å². The second-order valence-corrected chi connectivity index (χ2v) is 7.55. The number of methoxy groups -OCH3 is 1. The highest BCUT2D eigenvalue weighted by Crippen LogP contribution is 2.55. The Labute approximate surface area is 143 Å². The number of para-hydroxylation sites is 1. The molecule has 0 spiro atoms. The summed E-state index contributed by atoms with van der Waals surface area (Å²) >= 11 is 1.98. The quantitative estimate of drug-likeness (QED) is 0.616. The van der Waals surface area contributed by atoms with Gasteiger partial charge in [-0.05, 0) is 6.07 Å². The average molecular weight is 365 g/mol. The molecule has 1 aromatic heterocycles. The van der Waals surface area contributed by atoms with Gasteiger partial charge < -0.3 is 19.6 Å². The van der Waals surface area contributed by atoms with Gasteiger partial charge in [0.05, 0.1) is 18.1 Å². The summed E-state index contributed by atoms with van der Waals surface area (Å²) in [6.07, 6.45) is 0. The third-order valence-electron chi connectivity index (χ3n) is 4.14. The molecule has 0 amide bonds. The lowest BCUT2D eigenvalue weighted by atomic mass is 9.80. The van der Waals surface area contributed by atoms with Crippen LogP contribution in [0.1, 0.15) is 16.4 Å². The highest BCUT2D eigenvalue weighted by atomic mass is 32.2. The van der Waals surface area contributed by atoms with Gasteiger partial charge in [-0.25, -0.2) is 0 Å². The average Bonchev–Trinajstić information content (AvgIpc) is 2.93. The molecule has 9 heteroatoms. The lowest BCUT2D eigenvalue weighted by Gasteiger charge is -2.37. The molecule has 0 saturated carbocycles. The second-order valence-electron chi connectivity index (χ2n) is 5.39. The van der Waals surface area contributed by atoms with Gasteiger partial charge in [0.1, 0.15) is 5.25 Å². The number of carboxylic acid groups (broad SMARTS) is 1. The molecule has 0 aliphatic carbocycles. The van der Waals surface area contributed by atoms with Crippen molar-refractivity contribution in [3.05, 3.63) is 38.3 Å². The lowest BCUT2D eigenvalue weighted by Crippen LogP contribution is -2.44. The summed E-state index contributed by atoms with van der Waals surface area (Å²) in [7, 11) is 1.46. The number of carbonyl (C=O) groups is 2. The van der Waals surface area contributed by atoms with Gasteiger partial charge in [-0.15, -0.1) is 0 Å². The van der Waals surface area contributed by atoms with Crippen molar-refractivity contribution in [2.45, 2.75) is 16.2 Å². The van der Waals surface area contributed by atoms with Crippen LogP contribution in [0.15, 0.2) is 28.0 Å². The third-order valence-corrected chi connectivity index (χ3v) is 6.54. The van der Waals surface area contributed by atoms with Crippen LogP contribution in [0.2, 0.25) is 0 Å². The topological polar surface area (TPSA) is 106 Å². The number of aromatic amines is 1. The summed E-state index contributed by atoms with van der Waals surface area (Å²) in [5.41, 5.74) is 0.655. The molecule has 2 aliphatic rings. The predicted molar refractivity (Wildman–Crippen MR) is 86.2 cm³/mol. The van der Waals surface area contributed by atoms with E-state index in [0.29, 0.717) is 21.2 Å². The zero-order valence-electron chi connectivity index (χ0n) is 12.3. The van der Waals surface area contributed by atoms with E-state index in [1.165, 1.54) is 7.11 Å². The number of esters is 1. The number of carboxylic acids is 1. The van der Waals surface area contributed by atoms with Crippen molar-refractivity contribution in [2.24, 2.45) is 5.92 Å². The number of ether oxygens (including phenoxy) is 2. The van der Waals surface area contributed by atoms with Crippen LogP contribution < -0.4 is 14.3 Å². The Kier molecular flexibility index (Phi) is 3.43.